The van der Waals surface area contributed by atoms with Gasteiger partial charge >= 0.3 is 5.97 Å². The van der Waals surface area contributed by atoms with E-state index in [1.807, 2.05) is 18.2 Å². The number of aliphatic imine (C=N–C) groups is 1. The summed E-state index contributed by atoms with van der Waals surface area (Å²) in [7, 11) is 3.16. The van der Waals surface area contributed by atoms with Gasteiger partial charge in [-0.1, -0.05) is 12.5 Å². The van der Waals surface area contributed by atoms with Crippen molar-refractivity contribution in [2.75, 3.05) is 27.5 Å². The molecule has 7 nitrogen and oxygen atoms in total. The van der Waals surface area contributed by atoms with Crippen molar-refractivity contribution in [1.82, 2.24) is 10.6 Å². The van der Waals surface area contributed by atoms with Crippen LogP contribution in [0.25, 0.3) is 0 Å². The van der Waals surface area contributed by atoms with Crippen LogP contribution in [0.4, 0.5) is 0 Å². The molecule has 2 rings (SSSR count). The van der Waals surface area contributed by atoms with Crippen LogP contribution in [0.5, 0.6) is 11.5 Å². The molecular formula is C17H25N3O4. The molecule has 0 spiro atoms. The molecule has 0 radical (unpaired) electrons. The first-order valence-electron chi connectivity index (χ1n) is 8.13. The summed E-state index contributed by atoms with van der Waals surface area (Å²) in [5.74, 6) is 2.17. The zero-order chi connectivity index (χ0) is 17.2. The lowest BCUT2D eigenvalue weighted by Crippen LogP contribution is -2.37. The molecule has 1 heterocycles. The van der Waals surface area contributed by atoms with Gasteiger partial charge in [0.15, 0.2) is 17.5 Å². The lowest BCUT2D eigenvalue weighted by molar-refractivity contribution is -0.140. The second-order valence-corrected chi connectivity index (χ2v) is 5.43. The van der Waals surface area contributed by atoms with Gasteiger partial charge in [-0.05, 0) is 30.5 Å². The summed E-state index contributed by atoms with van der Waals surface area (Å²) >= 11 is 0. The van der Waals surface area contributed by atoms with Crippen LogP contribution < -0.4 is 20.1 Å². The fourth-order valence-corrected chi connectivity index (χ4v) is 2.34. The van der Waals surface area contributed by atoms with E-state index in [2.05, 4.69) is 20.4 Å². The number of methoxy groups -OCH3 is 1. The number of nitrogens with zero attached hydrogens (tertiary/aromatic N) is 1. The Balaban J connectivity index is 1.63. The summed E-state index contributed by atoms with van der Waals surface area (Å²) in [4.78, 5) is 15.2. The number of guanidine groups is 1. The second-order valence-electron chi connectivity index (χ2n) is 5.43. The minimum Gasteiger partial charge on any atom is -0.469 e. The monoisotopic (exact) mass is 335 g/mol. The number of carbonyl (C=O) groups is 1. The van der Waals surface area contributed by atoms with Gasteiger partial charge in [0.2, 0.25) is 6.79 Å². The fourth-order valence-electron chi connectivity index (χ4n) is 2.34. The molecule has 2 N–H and O–H groups in total. The van der Waals surface area contributed by atoms with Gasteiger partial charge in [-0.2, -0.15) is 0 Å². The minimum atomic E-state index is -0.149. The topological polar surface area (TPSA) is 81.2 Å². The van der Waals surface area contributed by atoms with Gasteiger partial charge in [0.25, 0.3) is 0 Å². The van der Waals surface area contributed by atoms with Crippen molar-refractivity contribution in [2.45, 2.75) is 32.2 Å². The van der Waals surface area contributed by atoms with Crippen molar-refractivity contribution in [2.24, 2.45) is 4.99 Å². The van der Waals surface area contributed by atoms with E-state index >= 15 is 0 Å². The highest BCUT2D eigenvalue weighted by Crippen LogP contribution is 2.32. The molecule has 0 amide bonds. The Bertz CT molecular complexity index is 575. The predicted molar refractivity (Wildman–Crippen MR) is 91.3 cm³/mol. The number of benzene rings is 1. The lowest BCUT2D eigenvalue weighted by Gasteiger charge is -2.12. The zero-order valence-corrected chi connectivity index (χ0v) is 14.3. The number of rotatable bonds is 8. The Labute approximate surface area is 142 Å². The molecule has 0 atom stereocenters. The number of hydrogen-bond donors (Lipinski definition) is 2. The molecule has 0 saturated heterocycles. The average molecular weight is 335 g/mol. The first-order chi connectivity index (χ1) is 11.7. The quantitative estimate of drug-likeness (QED) is 0.326. The number of ether oxygens (including phenoxy) is 3. The summed E-state index contributed by atoms with van der Waals surface area (Å²) in [6, 6.07) is 5.88. The summed E-state index contributed by atoms with van der Waals surface area (Å²) < 4.78 is 15.3. The van der Waals surface area contributed by atoms with Crippen LogP contribution in [0.3, 0.4) is 0 Å². The average Bonchev–Trinajstić information content (AvgIpc) is 3.07. The van der Waals surface area contributed by atoms with Crippen molar-refractivity contribution in [1.29, 1.82) is 0 Å². The van der Waals surface area contributed by atoms with Gasteiger partial charge < -0.3 is 24.8 Å². The normalized spacial score (nSPS) is 12.8. The molecule has 0 unspecified atom stereocenters. The van der Waals surface area contributed by atoms with Crippen LogP contribution >= 0.6 is 0 Å². The Hall–Kier alpha value is -2.44. The van der Waals surface area contributed by atoms with Gasteiger partial charge in [0, 0.05) is 26.6 Å². The van der Waals surface area contributed by atoms with E-state index in [-0.39, 0.29) is 12.8 Å². The highest BCUT2D eigenvalue weighted by atomic mass is 16.7. The number of nitrogens with one attached hydrogen (secondary N) is 2. The second kappa shape index (κ2) is 9.64. The molecule has 1 aromatic rings. The van der Waals surface area contributed by atoms with Crippen LogP contribution in [0.15, 0.2) is 23.2 Å². The van der Waals surface area contributed by atoms with E-state index in [0.29, 0.717) is 13.0 Å². The standard InChI is InChI=1S/C17H25N3O4/c1-18-17(19-9-5-3-4-6-16(21)22-2)20-11-13-7-8-14-15(10-13)24-12-23-14/h7-8,10H,3-6,9,11-12H2,1-2H3,(H2,18,19,20). The highest BCUT2D eigenvalue weighted by molar-refractivity contribution is 5.79. The number of fused-ring (bicyclic) bond motifs is 1. The van der Waals surface area contributed by atoms with E-state index in [4.69, 9.17) is 9.47 Å². The maximum Gasteiger partial charge on any atom is 0.305 e. The fraction of sp³-hybridized carbons (Fsp3) is 0.529. The largest absolute Gasteiger partial charge is 0.469 e. The molecule has 0 aromatic heterocycles. The predicted octanol–water partition coefficient (Wildman–Crippen LogP) is 1.81. The molecule has 24 heavy (non-hydrogen) atoms. The summed E-state index contributed by atoms with van der Waals surface area (Å²) in [5.41, 5.74) is 1.10. The summed E-state index contributed by atoms with van der Waals surface area (Å²) in [5, 5.41) is 6.52. The van der Waals surface area contributed by atoms with Gasteiger partial charge in [-0.3, -0.25) is 9.79 Å². The van der Waals surface area contributed by atoms with E-state index in [0.717, 1.165) is 48.8 Å². The molecule has 0 saturated carbocycles. The van der Waals surface area contributed by atoms with Gasteiger partial charge in [-0.25, -0.2) is 0 Å². The van der Waals surface area contributed by atoms with E-state index in [9.17, 15) is 4.79 Å². The Morgan fingerprint density at radius 3 is 2.83 bits per heavy atom. The first kappa shape index (κ1) is 17.9. The van der Waals surface area contributed by atoms with Crippen LogP contribution in [-0.2, 0) is 16.1 Å². The van der Waals surface area contributed by atoms with Gasteiger partial charge in [-0.15, -0.1) is 0 Å². The minimum absolute atomic E-state index is 0.149. The molecule has 132 valence electrons. The summed E-state index contributed by atoms with van der Waals surface area (Å²) in [6.45, 7) is 1.74. The van der Waals surface area contributed by atoms with Crippen LogP contribution in [-0.4, -0.2) is 39.4 Å². The molecule has 0 bridgehead atoms. The number of esters is 1. The number of hydrogen-bond acceptors (Lipinski definition) is 5. The van der Waals surface area contributed by atoms with Crippen molar-refractivity contribution in [3.05, 3.63) is 23.8 Å². The third-order valence-electron chi connectivity index (χ3n) is 3.70. The summed E-state index contributed by atoms with van der Waals surface area (Å²) in [6.07, 6.45) is 3.27. The third-order valence-corrected chi connectivity index (χ3v) is 3.70. The van der Waals surface area contributed by atoms with E-state index in [1.54, 1.807) is 7.05 Å². The SMILES string of the molecule is CN=C(NCCCCCC(=O)OC)NCc1ccc2c(c1)OCO2. The van der Waals surface area contributed by atoms with Crippen molar-refractivity contribution in [3.8, 4) is 11.5 Å². The van der Waals surface area contributed by atoms with Crippen molar-refractivity contribution < 1.29 is 19.0 Å². The lowest BCUT2D eigenvalue weighted by atomic mass is 10.2. The Morgan fingerprint density at radius 2 is 2.04 bits per heavy atom. The van der Waals surface area contributed by atoms with Crippen LogP contribution in [0.2, 0.25) is 0 Å². The number of carbonyl (C=O) groups excluding carboxylic acids is 1. The third kappa shape index (κ3) is 5.64. The van der Waals surface area contributed by atoms with E-state index in [1.165, 1.54) is 7.11 Å². The Morgan fingerprint density at radius 1 is 1.21 bits per heavy atom. The molecule has 0 fully saturated rings. The van der Waals surface area contributed by atoms with Crippen LogP contribution in [0, 0.1) is 0 Å². The van der Waals surface area contributed by atoms with Crippen molar-refractivity contribution in [3.63, 3.8) is 0 Å². The molecule has 7 heteroatoms. The van der Waals surface area contributed by atoms with Gasteiger partial charge in [0.05, 0.1) is 7.11 Å². The highest BCUT2D eigenvalue weighted by Gasteiger charge is 2.13. The number of unbranched alkanes of at least 4 members (excludes halogenated alkanes) is 2. The zero-order valence-electron chi connectivity index (χ0n) is 14.3. The molecule has 1 aromatic carbocycles. The van der Waals surface area contributed by atoms with E-state index < -0.39 is 0 Å². The Kier molecular flexibility index (Phi) is 7.20. The van der Waals surface area contributed by atoms with Crippen molar-refractivity contribution >= 4 is 11.9 Å². The molecular weight excluding hydrogens is 310 g/mol. The van der Waals surface area contributed by atoms with Crippen LogP contribution in [0.1, 0.15) is 31.2 Å². The smallest absolute Gasteiger partial charge is 0.305 e. The first-order valence-corrected chi connectivity index (χ1v) is 8.13. The molecule has 1 aliphatic heterocycles. The molecule has 0 aliphatic carbocycles. The molecule has 1 aliphatic rings. The van der Waals surface area contributed by atoms with Gasteiger partial charge in [0.1, 0.15) is 0 Å². The maximum absolute atomic E-state index is 11.0. The maximum atomic E-state index is 11.0.